The molecule has 1 rings (SSSR count). The van der Waals surface area contributed by atoms with Crippen LogP contribution in [0.15, 0.2) is 24.3 Å². The lowest BCUT2D eigenvalue weighted by molar-refractivity contribution is -0.137. The highest BCUT2D eigenvalue weighted by molar-refractivity contribution is 5.91. The number of rotatable bonds is 6. The summed E-state index contributed by atoms with van der Waals surface area (Å²) in [5.41, 5.74) is 0.566. The number of amides is 1. The molecule has 0 saturated heterocycles. The van der Waals surface area contributed by atoms with E-state index in [-0.39, 0.29) is 30.4 Å². The quantitative estimate of drug-likeness (QED) is 0.350. The third-order valence-electron chi connectivity index (χ3n) is 2.29. The van der Waals surface area contributed by atoms with Crippen LogP contribution in [-0.2, 0) is 9.59 Å². The van der Waals surface area contributed by atoms with Crippen molar-refractivity contribution in [1.82, 2.24) is 5.32 Å². The first kappa shape index (κ1) is 14.6. The molecule has 0 spiro atoms. The van der Waals surface area contributed by atoms with Crippen molar-refractivity contribution in [3.63, 3.8) is 0 Å². The molecule has 0 atom stereocenters. The second-order valence-corrected chi connectivity index (χ2v) is 3.87. The van der Waals surface area contributed by atoms with Crippen molar-refractivity contribution in [3.8, 4) is 11.5 Å². The summed E-state index contributed by atoms with van der Waals surface area (Å²) in [5, 5.41) is 29.3. The maximum atomic E-state index is 11.4. The molecule has 0 unspecified atom stereocenters. The number of phenolic OH excluding ortho intramolecular Hbond substituents is 2. The summed E-state index contributed by atoms with van der Waals surface area (Å²) in [4.78, 5) is 21.6. The Morgan fingerprint density at radius 3 is 2.58 bits per heavy atom. The first-order chi connectivity index (χ1) is 8.99. The molecular weight excluding hydrogens is 250 g/mol. The summed E-state index contributed by atoms with van der Waals surface area (Å²) in [6.07, 6.45) is 3.13. The number of carboxylic acid groups (broad SMARTS) is 1. The molecule has 6 nitrogen and oxygen atoms in total. The largest absolute Gasteiger partial charge is 0.504 e. The van der Waals surface area contributed by atoms with E-state index in [9.17, 15) is 14.7 Å². The molecule has 1 amide bonds. The first-order valence-corrected chi connectivity index (χ1v) is 5.68. The topological polar surface area (TPSA) is 107 Å². The summed E-state index contributed by atoms with van der Waals surface area (Å²) in [6, 6.07) is 4.19. The van der Waals surface area contributed by atoms with Crippen LogP contribution in [0.4, 0.5) is 0 Å². The molecule has 102 valence electrons. The van der Waals surface area contributed by atoms with Gasteiger partial charge in [0.2, 0.25) is 5.91 Å². The highest BCUT2D eigenvalue weighted by Crippen LogP contribution is 2.25. The normalized spacial score (nSPS) is 10.5. The molecule has 0 radical (unpaired) electrons. The fourth-order valence-electron chi connectivity index (χ4n) is 1.33. The SMILES string of the molecule is O=C(O)CCCNC(=O)/C=C/c1ccc(O)c(O)c1. The first-order valence-electron chi connectivity index (χ1n) is 5.68. The third-order valence-corrected chi connectivity index (χ3v) is 2.29. The minimum absolute atomic E-state index is 0.00975. The number of aliphatic carboxylic acids is 1. The number of hydrogen-bond donors (Lipinski definition) is 4. The van der Waals surface area contributed by atoms with E-state index in [1.165, 1.54) is 24.3 Å². The van der Waals surface area contributed by atoms with Crippen LogP contribution in [-0.4, -0.2) is 33.7 Å². The zero-order valence-electron chi connectivity index (χ0n) is 10.2. The highest BCUT2D eigenvalue weighted by Gasteiger charge is 2.00. The number of carboxylic acids is 1. The van der Waals surface area contributed by atoms with E-state index in [1.54, 1.807) is 6.07 Å². The number of carbonyl (C=O) groups excluding carboxylic acids is 1. The van der Waals surface area contributed by atoms with Crippen LogP contribution < -0.4 is 5.32 Å². The highest BCUT2D eigenvalue weighted by atomic mass is 16.4. The summed E-state index contributed by atoms with van der Waals surface area (Å²) >= 11 is 0. The van der Waals surface area contributed by atoms with Crippen molar-refractivity contribution in [2.45, 2.75) is 12.8 Å². The molecule has 1 aromatic carbocycles. The Morgan fingerprint density at radius 1 is 1.21 bits per heavy atom. The van der Waals surface area contributed by atoms with Gasteiger partial charge in [-0.1, -0.05) is 6.07 Å². The average Bonchev–Trinajstić information content (AvgIpc) is 2.36. The van der Waals surface area contributed by atoms with Gasteiger partial charge < -0.3 is 20.6 Å². The third kappa shape index (κ3) is 5.58. The van der Waals surface area contributed by atoms with E-state index >= 15 is 0 Å². The van der Waals surface area contributed by atoms with Crippen molar-refractivity contribution >= 4 is 18.0 Å². The smallest absolute Gasteiger partial charge is 0.303 e. The van der Waals surface area contributed by atoms with Crippen LogP contribution in [0.1, 0.15) is 18.4 Å². The van der Waals surface area contributed by atoms with Gasteiger partial charge in [-0.05, 0) is 30.2 Å². The minimum Gasteiger partial charge on any atom is -0.504 e. The van der Waals surface area contributed by atoms with Gasteiger partial charge in [-0.15, -0.1) is 0 Å². The fraction of sp³-hybridized carbons (Fsp3) is 0.231. The van der Waals surface area contributed by atoms with E-state index in [1.807, 2.05) is 0 Å². The van der Waals surface area contributed by atoms with Gasteiger partial charge in [0.15, 0.2) is 11.5 Å². The maximum absolute atomic E-state index is 11.4. The van der Waals surface area contributed by atoms with E-state index in [0.717, 1.165) is 0 Å². The Bertz CT molecular complexity index is 496. The standard InChI is InChI=1S/C13H15NO5/c15-10-5-3-9(8-11(10)16)4-6-12(17)14-7-1-2-13(18)19/h3-6,8,15-16H,1-2,7H2,(H,14,17)(H,18,19)/b6-4+. The summed E-state index contributed by atoms with van der Waals surface area (Å²) in [7, 11) is 0. The molecule has 0 aliphatic heterocycles. The van der Waals surface area contributed by atoms with Gasteiger partial charge in [-0.25, -0.2) is 0 Å². The lowest BCUT2D eigenvalue weighted by Gasteiger charge is -2.00. The van der Waals surface area contributed by atoms with E-state index < -0.39 is 5.97 Å². The van der Waals surface area contributed by atoms with Crippen molar-refractivity contribution in [2.75, 3.05) is 6.54 Å². The molecule has 0 aromatic heterocycles. The van der Waals surface area contributed by atoms with Crippen LogP contribution >= 0.6 is 0 Å². The van der Waals surface area contributed by atoms with E-state index in [4.69, 9.17) is 10.2 Å². The van der Waals surface area contributed by atoms with Gasteiger partial charge in [-0.3, -0.25) is 9.59 Å². The molecule has 0 fully saturated rings. The second kappa shape index (κ2) is 7.05. The van der Waals surface area contributed by atoms with E-state index in [0.29, 0.717) is 12.0 Å². The van der Waals surface area contributed by atoms with Gasteiger partial charge >= 0.3 is 5.97 Å². The van der Waals surface area contributed by atoms with Crippen LogP contribution in [0.5, 0.6) is 11.5 Å². The Balaban J connectivity index is 2.40. The van der Waals surface area contributed by atoms with Crippen molar-refractivity contribution in [1.29, 1.82) is 0 Å². The molecule has 0 aliphatic rings. The minimum atomic E-state index is -0.899. The molecule has 0 bridgehead atoms. The Morgan fingerprint density at radius 2 is 1.95 bits per heavy atom. The van der Waals surface area contributed by atoms with Crippen molar-refractivity contribution in [2.24, 2.45) is 0 Å². The van der Waals surface area contributed by atoms with Gasteiger partial charge in [-0.2, -0.15) is 0 Å². The van der Waals surface area contributed by atoms with Crippen LogP contribution in [0.25, 0.3) is 6.08 Å². The predicted molar refractivity (Wildman–Crippen MR) is 68.7 cm³/mol. The average molecular weight is 265 g/mol. The fourth-order valence-corrected chi connectivity index (χ4v) is 1.33. The van der Waals surface area contributed by atoms with Crippen LogP contribution in [0.2, 0.25) is 0 Å². The molecule has 19 heavy (non-hydrogen) atoms. The number of hydrogen-bond acceptors (Lipinski definition) is 4. The molecule has 0 saturated carbocycles. The van der Waals surface area contributed by atoms with Gasteiger partial charge in [0, 0.05) is 19.0 Å². The molecule has 1 aromatic rings. The van der Waals surface area contributed by atoms with Crippen LogP contribution in [0.3, 0.4) is 0 Å². The second-order valence-electron chi connectivity index (χ2n) is 3.87. The Kier molecular flexibility index (Phi) is 5.40. The van der Waals surface area contributed by atoms with Crippen molar-refractivity contribution < 1.29 is 24.9 Å². The molecule has 4 N–H and O–H groups in total. The monoisotopic (exact) mass is 265 g/mol. The lowest BCUT2D eigenvalue weighted by atomic mass is 10.2. The van der Waals surface area contributed by atoms with Gasteiger partial charge in [0.05, 0.1) is 0 Å². The van der Waals surface area contributed by atoms with Gasteiger partial charge in [0.25, 0.3) is 0 Å². The van der Waals surface area contributed by atoms with E-state index in [2.05, 4.69) is 5.32 Å². The predicted octanol–water partition coefficient (Wildman–Crippen LogP) is 1.09. The number of carbonyl (C=O) groups is 2. The molecule has 6 heteroatoms. The number of benzene rings is 1. The zero-order chi connectivity index (χ0) is 14.3. The number of phenols is 2. The number of nitrogens with one attached hydrogen (secondary N) is 1. The molecule has 0 aliphatic carbocycles. The maximum Gasteiger partial charge on any atom is 0.303 e. The summed E-state index contributed by atoms with van der Waals surface area (Å²) in [6.45, 7) is 0.288. The van der Waals surface area contributed by atoms with Gasteiger partial charge in [0.1, 0.15) is 0 Å². The molecule has 0 heterocycles. The summed E-state index contributed by atoms with van der Waals surface area (Å²) < 4.78 is 0. The zero-order valence-corrected chi connectivity index (χ0v) is 10.2. The lowest BCUT2D eigenvalue weighted by Crippen LogP contribution is -2.22. The number of aromatic hydroxyl groups is 2. The van der Waals surface area contributed by atoms with Crippen molar-refractivity contribution in [3.05, 3.63) is 29.8 Å². The summed E-state index contributed by atoms with van der Waals surface area (Å²) in [5.74, 6) is -1.73. The van der Waals surface area contributed by atoms with Crippen LogP contribution in [0, 0.1) is 0 Å². The molecular formula is C13H15NO5. The Labute approximate surface area is 110 Å². The Hall–Kier alpha value is -2.50.